The first-order valence-corrected chi connectivity index (χ1v) is 23.3. The maximum Gasteiger partial charge on any atom is 0.179 e. The van der Waals surface area contributed by atoms with Crippen molar-refractivity contribution in [3.05, 3.63) is 282 Å². The minimum absolute atomic E-state index is 0.0393. The SMILES string of the molecule is [2H]c1c([2H])c([2H])c(-c2cccc([Si](c3ccccc3)(c3cccc(-c4c([2H])c([2H])c([2H])c([2H])c4[2H])c3)c3cccc4c3C3c5ccccc5C4c4cccc(-n5c6ccccc6c6c([2H])c([2H])c([2H])c([2H])c65)c43)c2)c([2H])c1[2H]. The van der Waals surface area contributed by atoms with Crippen LogP contribution in [0.15, 0.2) is 248 Å². The first kappa shape index (κ1) is 25.4. The highest BCUT2D eigenvalue weighted by molar-refractivity contribution is 7.20. The topological polar surface area (TPSA) is 4.93 Å². The van der Waals surface area contributed by atoms with Gasteiger partial charge in [0.1, 0.15) is 0 Å². The minimum atomic E-state index is -3.95. The summed E-state index contributed by atoms with van der Waals surface area (Å²) in [6.07, 6.45) is 0. The molecule has 11 aromatic rings. The highest BCUT2D eigenvalue weighted by Gasteiger charge is 2.50. The lowest BCUT2D eigenvalue weighted by molar-refractivity contribution is 0.752. The van der Waals surface area contributed by atoms with Crippen molar-refractivity contribution in [1.82, 2.24) is 4.57 Å². The molecule has 0 spiro atoms. The predicted octanol–water partition coefficient (Wildman–Crippen LogP) is 12.5. The molecule has 300 valence electrons. The molecule has 1 heterocycles. The number of hydrogen-bond acceptors (Lipinski definition) is 0. The zero-order valence-electron chi connectivity index (χ0n) is 48.2. The van der Waals surface area contributed by atoms with Crippen LogP contribution in [-0.4, -0.2) is 12.6 Å². The highest BCUT2D eigenvalue weighted by Crippen LogP contribution is 2.57. The first-order chi connectivity index (χ1) is 37.6. The molecule has 3 aliphatic rings. The second-order valence-electron chi connectivity index (χ2n) is 16.4. The van der Waals surface area contributed by atoms with E-state index in [-0.39, 0.29) is 65.4 Å². The van der Waals surface area contributed by atoms with Crippen LogP contribution in [0.2, 0.25) is 0 Å². The third kappa shape index (κ3) is 5.36. The fourth-order valence-electron chi connectivity index (χ4n) is 11.0. The van der Waals surface area contributed by atoms with Gasteiger partial charge in [-0.25, -0.2) is 0 Å². The second-order valence-corrected chi connectivity index (χ2v) is 20.2. The molecule has 2 heteroatoms. The summed E-state index contributed by atoms with van der Waals surface area (Å²) in [6, 6.07) is 48.7. The Kier molecular flexibility index (Phi) is 5.81. The first-order valence-electron chi connectivity index (χ1n) is 28.3. The Morgan fingerprint density at radius 2 is 0.891 bits per heavy atom. The smallest absolute Gasteiger partial charge is 0.179 e. The average Bonchev–Trinajstić information content (AvgIpc) is 3.65. The Morgan fingerprint density at radius 1 is 0.359 bits per heavy atom. The lowest BCUT2D eigenvalue weighted by Crippen LogP contribution is -2.75. The summed E-state index contributed by atoms with van der Waals surface area (Å²) < 4.78 is 127. The van der Waals surface area contributed by atoms with E-state index in [1.54, 1.807) is 12.1 Å². The van der Waals surface area contributed by atoms with Gasteiger partial charge in [0.2, 0.25) is 0 Å². The lowest BCUT2D eigenvalue weighted by atomic mass is 9.60. The summed E-state index contributed by atoms with van der Waals surface area (Å²) in [5.41, 5.74) is 8.99. The zero-order valence-corrected chi connectivity index (χ0v) is 35.2. The molecule has 64 heavy (non-hydrogen) atoms. The van der Waals surface area contributed by atoms with E-state index >= 15 is 0 Å². The van der Waals surface area contributed by atoms with Crippen LogP contribution in [0.5, 0.6) is 0 Å². The molecule has 10 aromatic carbocycles. The van der Waals surface area contributed by atoms with Gasteiger partial charge < -0.3 is 4.57 Å². The molecule has 2 bridgehead atoms. The van der Waals surface area contributed by atoms with E-state index in [0.29, 0.717) is 27.4 Å². The zero-order chi connectivity index (χ0) is 54.4. The van der Waals surface area contributed by atoms with Gasteiger partial charge in [0.05, 0.1) is 35.9 Å². The second kappa shape index (κ2) is 14.7. The lowest BCUT2D eigenvalue weighted by Gasteiger charge is -2.47. The van der Waals surface area contributed by atoms with Gasteiger partial charge in [-0.15, -0.1) is 0 Å². The molecule has 0 N–H and O–H groups in total. The summed E-state index contributed by atoms with van der Waals surface area (Å²) >= 11 is 0. The summed E-state index contributed by atoms with van der Waals surface area (Å²) in [6.45, 7) is 0. The van der Waals surface area contributed by atoms with Crippen LogP contribution in [0.1, 0.15) is 64.4 Å². The molecular weight excluding hydrogens is 787 g/mol. The minimum Gasteiger partial charge on any atom is -0.309 e. The number of rotatable bonds is 7. The number of nitrogens with zero attached hydrogens (tertiary/aromatic N) is 1. The van der Waals surface area contributed by atoms with Gasteiger partial charge in [0.15, 0.2) is 8.07 Å². The van der Waals surface area contributed by atoms with Crippen molar-refractivity contribution in [3.63, 3.8) is 0 Å². The van der Waals surface area contributed by atoms with Crippen molar-refractivity contribution >= 4 is 50.6 Å². The third-order valence-electron chi connectivity index (χ3n) is 13.4. The Labute approximate surface area is 394 Å². The van der Waals surface area contributed by atoms with E-state index in [2.05, 4.69) is 48.5 Å². The van der Waals surface area contributed by atoms with E-state index < -0.39 is 50.2 Å². The number of para-hydroxylation sites is 2. The van der Waals surface area contributed by atoms with Gasteiger partial charge in [0, 0.05) is 22.6 Å². The normalized spacial score (nSPS) is 17.9. The molecule has 3 aliphatic carbocycles. The van der Waals surface area contributed by atoms with Crippen molar-refractivity contribution in [2.75, 3.05) is 0 Å². The van der Waals surface area contributed by atoms with Crippen molar-refractivity contribution in [2.45, 2.75) is 11.8 Å². The Morgan fingerprint density at radius 3 is 1.59 bits per heavy atom. The van der Waals surface area contributed by atoms with Crippen LogP contribution in [0.25, 0.3) is 49.7 Å². The molecule has 0 fully saturated rings. The van der Waals surface area contributed by atoms with Crippen LogP contribution >= 0.6 is 0 Å². The molecule has 0 amide bonds. The number of fused-ring (bicyclic) bond motifs is 3. The van der Waals surface area contributed by atoms with Crippen LogP contribution in [0.3, 0.4) is 0 Å². The maximum absolute atomic E-state index is 9.49. The fraction of sp³-hybridized carbons (Fsp3) is 0.0323. The highest BCUT2D eigenvalue weighted by atomic mass is 28.3. The van der Waals surface area contributed by atoms with Gasteiger partial charge in [-0.1, -0.05) is 230 Å². The molecule has 14 rings (SSSR count). The molecule has 2 atom stereocenters. The average molecular weight is 844 g/mol. The predicted molar refractivity (Wildman–Crippen MR) is 270 cm³/mol. The summed E-state index contributed by atoms with van der Waals surface area (Å²) in [5, 5.41) is 4.55. The standard InChI is InChI=1S/C62H43NSi/c1-4-20-42(21-5-1)44-24-16-28-47(40-44)64(46-26-8-3-9-27-46,48-29-17-25-45(41-48)43-22-6-2-7-23-43)58-39-19-35-54-59-51-32-10-11-33-52(51)62(61(54)58)60-53(59)34-18-38-57(60)63-55-36-14-12-30-49(55)50-31-13-15-37-56(50)63/h1-41,59,62H/i1D,2D,4D,5D,6D,7D,12D,14D,20D,21D,22D,23D,30D,36D. The molecule has 0 saturated heterocycles. The summed E-state index contributed by atoms with van der Waals surface area (Å²) in [4.78, 5) is 0. The van der Waals surface area contributed by atoms with Crippen molar-refractivity contribution in [3.8, 4) is 27.9 Å². The van der Waals surface area contributed by atoms with Crippen molar-refractivity contribution < 1.29 is 19.2 Å². The Hall–Kier alpha value is -7.78. The van der Waals surface area contributed by atoms with E-state index in [0.717, 1.165) is 65.3 Å². The van der Waals surface area contributed by atoms with Crippen LogP contribution in [-0.2, 0) is 0 Å². The Bertz CT molecular complexity index is 4250. The van der Waals surface area contributed by atoms with Gasteiger partial charge in [-0.3, -0.25) is 0 Å². The molecule has 0 saturated carbocycles. The van der Waals surface area contributed by atoms with Gasteiger partial charge in [0.25, 0.3) is 0 Å². The van der Waals surface area contributed by atoms with Crippen LogP contribution in [0, 0.1) is 0 Å². The van der Waals surface area contributed by atoms with Crippen LogP contribution < -0.4 is 20.7 Å². The number of aromatic nitrogens is 1. The van der Waals surface area contributed by atoms with Crippen molar-refractivity contribution in [1.29, 1.82) is 0 Å². The van der Waals surface area contributed by atoms with Crippen LogP contribution in [0.4, 0.5) is 0 Å². The maximum atomic E-state index is 9.49. The molecule has 1 aromatic heterocycles. The largest absolute Gasteiger partial charge is 0.309 e. The number of hydrogen-bond donors (Lipinski definition) is 0. The third-order valence-corrected chi connectivity index (χ3v) is 18.2. The molecule has 2 unspecified atom stereocenters. The molecule has 0 radical (unpaired) electrons. The molecule has 0 aliphatic heterocycles. The van der Waals surface area contributed by atoms with E-state index in [9.17, 15) is 2.74 Å². The van der Waals surface area contributed by atoms with Crippen molar-refractivity contribution in [2.24, 2.45) is 0 Å². The van der Waals surface area contributed by atoms with E-state index in [1.165, 1.54) is 0 Å². The quantitative estimate of drug-likeness (QED) is 0.111. The summed E-state index contributed by atoms with van der Waals surface area (Å²) in [7, 11) is -3.95. The molecular formula is C62H43NSi. The fourth-order valence-corrected chi connectivity index (χ4v) is 16.1. The van der Waals surface area contributed by atoms with Gasteiger partial charge in [-0.05, 0) is 94.6 Å². The monoisotopic (exact) mass is 843 g/mol. The number of benzene rings is 10. The molecule has 1 nitrogen and oxygen atoms in total. The van der Waals surface area contributed by atoms with E-state index in [1.807, 2.05) is 108 Å². The van der Waals surface area contributed by atoms with E-state index in [4.69, 9.17) is 16.4 Å². The summed E-state index contributed by atoms with van der Waals surface area (Å²) in [5.74, 6) is -0.797. The van der Waals surface area contributed by atoms with Gasteiger partial charge >= 0.3 is 0 Å². The Balaban J connectivity index is 1.18. The van der Waals surface area contributed by atoms with Gasteiger partial charge in [-0.2, -0.15) is 0 Å².